The number of nitrogens with one attached hydrogen (secondary N) is 1. The maximum absolute atomic E-state index is 13.3. The van der Waals surface area contributed by atoms with Gasteiger partial charge in [-0.2, -0.15) is 5.26 Å². The minimum Gasteiger partial charge on any atom is -0.497 e. The number of aromatic nitrogens is 1. The molecule has 7 heteroatoms. The molecule has 0 aliphatic carbocycles. The Labute approximate surface area is 173 Å². The second-order valence-electron chi connectivity index (χ2n) is 7.28. The van der Waals surface area contributed by atoms with Gasteiger partial charge in [0.1, 0.15) is 17.6 Å². The van der Waals surface area contributed by atoms with Gasteiger partial charge in [-0.05, 0) is 43.2 Å². The van der Waals surface area contributed by atoms with E-state index in [-0.39, 0.29) is 17.6 Å². The molecule has 0 bridgehead atoms. The predicted octanol–water partition coefficient (Wildman–Crippen LogP) is 4.11. The first-order chi connectivity index (χ1) is 14.6. The van der Waals surface area contributed by atoms with Crippen LogP contribution in [0.25, 0.3) is 10.9 Å². The number of amides is 1. The monoisotopic (exact) mass is 404 g/mol. The van der Waals surface area contributed by atoms with Gasteiger partial charge >= 0.3 is 0 Å². The lowest BCUT2D eigenvalue weighted by molar-refractivity contribution is -0.120. The van der Waals surface area contributed by atoms with Crippen molar-refractivity contribution < 1.29 is 13.9 Å². The molecule has 0 atom stereocenters. The summed E-state index contributed by atoms with van der Waals surface area (Å²) >= 11 is 0. The third-order valence-corrected chi connectivity index (χ3v) is 5.44. The molecule has 1 N–H and O–H groups in total. The summed E-state index contributed by atoms with van der Waals surface area (Å²) in [5.41, 5.74) is 2.57. The minimum atomic E-state index is -0.382. The van der Waals surface area contributed by atoms with Crippen LogP contribution in [0.15, 0.2) is 48.7 Å². The molecule has 1 amide bonds. The van der Waals surface area contributed by atoms with Crippen LogP contribution in [0.5, 0.6) is 5.75 Å². The molecule has 6 nitrogen and oxygen atoms in total. The fraction of sp³-hybridized carbons (Fsp3) is 0.261. The van der Waals surface area contributed by atoms with Crippen LogP contribution in [0.2, 0.25) is 0 Å². The standard InChI is InChI=1S/C23H21FN4O2/c1-30-19-5-6-20-21(12-19)26-14-16(13-25)22(20)28-9-7-15(8-10-28)23(29)27-18-4-2-3-17(24)11-18/h2-6,11-12,14-15H,7-10H2,1H3,(H,27,29). The lowest BCUT2D eigenvalue weighted by atomic mass is 9.94. The molecule has 1 fully saturated rings. The summed E-state index contributed by atoms with van der Waals surface area (Å²) in [6, 6.07) is 13.7. The Balaban J connectivity index is 1.52. The average molecular weight is 404 g/mol. The number of anilines is 2. The number of piperidine rings is 1. The highest BCUT2D eigenvalue weighted by Gasteiger charge is 2.27. The summed E-state index contributed by atoms with van der Waals surface area (Å²) in [6.07, 6.45) is 2.87. The Kier molecular flexibility index (Phi) is 5.48. The Hall–Kier alpha value is -3.66. The van der Waals surface area contributed by atoms with E-state index in [0.29, 0.717) is 42.9 Å². The van der Waals surface area contributed by atoms with Crippen LogP contribution in [0.3, 0.4) is 0 Å². The quantitative estimate of drug-likeness (QED) is 0.708. The van der Waals surface area contributed by atoms with Crippen LogP contribution >= 0.6 is 0 Å². The van der Waals surface area contributed by atoms with E-state index >= 15 is 0 Å². The highest BCUT2D eigenvalue weighted by atomic mass is 19.1. The fourth-order valence-corrected chi connectivity index (χ4v) is 3.88. The topological polar surface area (TPSA) is 78.2 Å². The number of fused-ring (bicyclic) bond motifs is 1. The fourth-order valence-electron chi connectivity index (χ4n) is 3.88. The number of nitrogens with zero attached hydrogens (tertiary/aromatic N) is 3. The van der Waals surface area contributed by atoms with Gasteiger partial charge in [0.15, 0.2) is 0 Å². The summed E-state index contributed by atoms with van der Waals surface area (Å²) < 4.78 is 18.6. The van der Waals surface area contributed by atoms with E-state index in [1.165, 1.54) is 12.1 Å². The second kappa shape index (κ2) is 8.37. The van der Waals surface area contributed by atoms with Crippen molar-refractivity contribution in [2.75, 3.05) is 30.4 Å². The normalized spacial score (nSPS) is 14.4. The molecular weight excluding hydrogens is 383 g/mol. The van der Waals surface area contributed by atoms with E-state index in [1.54, 1.807) is 25.4 Å². The molecule has 1 aromatic heterocycles. The number of nitriles is 1. The zero-order valence-corrected chi connectivity index (χ0v) is 16.6. The number of benzene rings is 2. The van der Waals surface area contributed by atoms with Gasteiger partial charge in [-0.15, -0.1) is 0 Å². The second-order valence-corrected chi connectivity index (χ2v) is 7.28. The molecule has 4 rings (SSSR count). The maximum Gasteiger partial charge on any atom is 0.227 e. The molecule has 0 spiro atoms. The Morgan fingerprint density at radius 2 is 2.07 bits per heavy atom. The van der Waals surface area contributed by atoms with Crippen LogP contribution in [-0.2, 0) is 4.79 Å². The molecule has 0 unspecified atom stereocenters. The van der Waals surface area contributed by atoms with E-state index < -0.39 is 0 Å². The molecule has 0 radical (unpaired) electrons. The summed E-state index contributed by atoms with van der Waals surface area (Å²) in [6.45, 7) is 1.28. The number of pyridine rings is 1. The van der Waals surface area contributed by atoms with E-state index in [2.05, 4.69) is 21.3 Å². The third kappa shape index (κ3) is 3.90. The lowest BCUT2D eigenvalue weighted by Crippen LogP contribution is -2.38. The van der Waals surface area contributed by atoms with Crippen molar-refractivity contribution in [1.29, 1.82) is 5.26 Å². The molecule has 1 saturated heterocycles. The van der Waals surface area contributed by atoms with E-state index in [1.807, 2.05) is 18.2 Å². The number of ether oxygens (including phenoxy) is 1. The molecule has 2 heterocycles. The molecule has 1 aliphatic heterocycles. The largest absolute Gasteiger partial charge is 0.497 e. The van der Waals surface area contributed by atoms with Crippen molar-refractivity contribution in [3.05, 3.63) is 60.0 Å². The van der Waals surface area contributed by atoms with Crippen LogP contribution < -0.4 is 15.0 Å². The zero-order valence-electron chi connectivity index (χ0n) is 16.6. The van der Waals surface area contributed by atoms with Gasteiger partial charge in [-0.1, -0.05) is 6.07 Å². The molecule has 0 saturated carbocycles. The number of carbonyl (C=O) groups excluding carboxylic acids is 1. The number of methoxy groups -OCH3 is 1. The first-order valence-electron chi connectivity index (χ1n) is 9.77. The summed E-state index contributed by atoms with van der Waals surface area (Å²) in [4.78, 5) is 19.1. The smallest absolute Gasteiger partial charge is 0.227 e. The number of carbonyl (C=O) groups is 1. The van der Waals surface area contributed by atoms with Crippen molar-refractivity contribution in [2.24, 2.45) is 5.92 Å². The Bertz CT molecular complexity index is 1130. The van der Waals surface area contributed by atoms with Gasteiger partial charge in [0.05, 0.1) is 23.9 Å². The highest BCUT2D eigenvalue weighted by Crippen LogP contribution is 2.34. The summed E-state index contributed by atoms with van der Waals surface area (Å²) in [7, 11) is 1.60. The molecule has 1 aliphatic rings. The first kappa shape index (κ1) is 19.6. The molecule has 152 valence electrons. The van der Waals surface area contributed by atoms with Crippen molar-refractivity contribution in [3.63, 3.8) is 0 Å². The summed E-state index contributed by atoms with van der Waals surface area (Å²) in [5, 5.41) is 13.3. The van der Waals surface area contributed by atoms with E-state index in [9.17, 15) is 14.4 Å². The molecular formula is C23H21FN4O2. The summed E-state index contributed by atoms with van der Waals surface area (Å²) in [5.74, 6) is 0.0551. The molecule has 30 heavy (non-hydrogen) atoms. The van der Waals surface area contributed by atoms with E-state index in [4.69, 9.17) is 4.74 Å². The SMILES string of the molecule is COc1ccc2c(N3CCC(C(=O)Nc4cccc(F)c4)CC3)c(C#N)cnc2c1. The third-order valence-electron chi connectivity index (χ3n) is 5.44. The number of hydrogen-bond acceptors (Lipinski definition) is 5. The van der Waals surface area contributed by atoms with Gasteiger partial charge < -0.3 is 15.0 Å². The average Bonchev–Trinajstić information content (AvgIpc) is 2.78. The Morgan fingerprint density at radius 1 is 1.27 bits per heavy atom. The van der Waals surface area contributed by atoms with Crippen molar-refractivity contribution in [3.8, 4) is 11.8 Å². The van der Waals surface area contributed by atoms with Gasteiger partial charge in [0, 0.05) is 42.3 Å². The van der Waals surface area contributed by atoms with Gasteiger partial charge in [0.2, 0.25) is 5.91 Å². The number of rotatable bonds is 4. The first-order valence-corrected chi connectivity index (χ1v) is 9.77. The van der Waals surface area contributed by atoms with Crippen LogP contribution in [0.4, 0.5) is 15.8 Å². The van der Waals surface area contributed by atoms with Crippen molar-refractivity contribution in [2.45, 2.75) is 12.8 Å². The van der Waals surface area contributed by atoms with E-state index in [0.717, 1.165) is 16.6 Å². The van der Waals surface area contributed by atoms with Gasteiger partial charge in [0.25, 0.3) is 0 Å². The zero-order chi connectivity index (χ0) is 21.1. The molecule has 2 aromatic carbocycles. The highest BCUT2D eigenvalue weighted by molar-refractivity contribution is 5.96. The molecule has 3 aromatic rings. The predicted molar refractivity (Wildman–Crippen MR) is 113 cm³/mol. The van der Waals surface area contributed by atoms with Crippen LogP contribution in [0.1, 0.15) is 18.4 Å². The minimum absolute atomic E-state index is 0.106. The number of hydrogen-bond donors (Lipinski definition) is 1. The maximum atomic E-state index is 13.3. The number of halogens is 1. The van der Waals surface area contributed by atoms with Gasteiger partial charge in [-0.3, -0.25) is 9.78 Å². The van der Waals surface area contributed by atoms with Crippen molar-refractivity contribution in [1.82, 2.24) is 4.98 Å². The Morgan fingerprint density at radius 3 is 2.77 bits per heavy atom. The van der Waals surface area contributed by atoms with Gasteiger partial charge in [-0.25, -0.2) is 4.39 Å². The van der Waals surface area contributed by atoms with Crippen molar-refractivity contribution >= 4 is 28.2 Å². The van der Waals surface area contributed by atoms with Crippen LogP contribution in [0, 0.1) is 23.1 Å². The lowest BCUT2D eigenvalue weighted by Gasteiger charge is -2.34. The van der Waals surface area contributed by atoms with Crippen LogP contribution in [-0.4, -0.2) is 31.1 Å².